The van der Waals surface area contributed by atoms with E-state index in [1.54, 1.807) is 0 Å². The maximum Gasteiger partial charge on any atom is 0.172 e. The van der Waals surface area contributed by atoms with Gasteiger partial charge in [-0.25, -0.2) is 0 Å². The van der Waals surface area contributed by atoms with Crippen LogP contribution >= 0.6 is 15.9 Å². The monoisotopic (exact) mass is 325 g/mol. The van der Waals surface area contributed by atoms with Crippen LogP contribution in [0.4, 0.5) is 5.69 Å². The van der Waals surface area contributed by atoms with Crippen LogP contribution in [0.3, 0.4) is 0 Å². The maximum absolute atomic E-state index is 8.94. The molecule has 5 heteroatoms. The number of hydrogen-bond donors (Lipinski definition) is 2. The predicted molar refractivity (Wildman–Crippen MR) is 81.8 cm³/mol. The van der Waals surface area contributed by atoms with Crippen molar-refractivity contribution in [3.05, 3.63) is 28.2 Å². The maximum atomic E-state index is 8.94. The van der Waals surface area contributed by atoms with Crippen molar-refractivity contribution in [2.24, 2.45) is 22.7 Å². The topological polar surface area (TPSA) is 61.8 Å². The van der Waals surface area contributed by atoms with E-state index in [9.17, 15) is 0 Å². The van der Waals surface area contributed by atoms with Gasteiger partial charge in [-0.15, -0.1) is 0 Å². The molecular weight excluding hydrogens is 306 g/mol. The van der Waals surface area contributed by atoms with Gasteiger partial charge in [0.2, 0.25) is 0 Å². The summed E-state index contributed by atoms with van der Waals surface area (Å²) in [5.41, 5.74) is 7.61. The van der Waals surface area contributed by atoms with Crippen LogP contribution < -0.4 is 10.6 Å². The van der Waals surface area contributed by atoms with E-state index in [-0.39, 0.29) is 5.84 Å². The molecule has 0 aromatic heterocycles. The van der Waals surface area contributed by atoms with Crippen LogP contribution in [0.25, 0.3) is 0 Å². The van der Waals surface area contributed by atoms with Gasteiger partial charge in [-0.1, -0.05) is 34.9 Å². The lowest BCUT2D eigenvalue weighted by atomic mass is 9.91. The van der Waals surface area contributed by atoms with Crippen LogP contribution in [0.1, 0.15) is 25.8 Å². The fourth-order valence-electron chi connectivity index (χ4n) is 2.90. The lowest BCUT2D eigenvalue weighted by Crippen LogP contribution is -2.39. The van der Waals surface area contributed by atoms with Crippen LogP contribution in [0, 0.1) is 11.8 Å². The summed E-state index contributed by atoms with van der Waals surface area (Å²) in [7, 11) is 0. The molecule has 1 heterocycles. The van der Waals surface area contributed by atoms with Crippen molar-refractivity contribution < 1.29 is 5.21 Å². The number of amidine groups is 1. The molecular formula is C14H20BrN3O. The van der Waals surface area contributed by atoms with Gasteiger partial charge in [-0.05, 0) is 36.5 Å². The highest BCUT2D eigenvalue weighted by Crippen LogP contribution is 2.30. The van der Waals surface area contributed by atoms with Crippen molar-refractivity contribution in [2.45, 2.75) is 20.3 Å². The number of hydrogen-bond acceptors (Lipinski definition) is 3. The van der Waals surface area contributed by atoms with Gasteiger partial charge in [-0.2, -0.15) is 0 Å². The van der Waals surface area contributed by atoms with E-state index < -0.39 is 0 Å². The molecule has 1 aromatic carbocycles. The zero-order chi connectivity index (χ0) is 14.0. The summed E-state index contributed by atoms with van der Waals surface area (Å²) < 4.78 is 0.927. The van der Waals surface area contributed by atoms with Gasteiger partial charge >= 0.3 is 0 Å². The molecule has 1 saturated heterocycles. The minimum Gasteiger partial charge on any atom is -0.409 e. The van der Waals surface area contributed by atoms with Gasteiger partial charge in [0.15, 0.2) is 5.84 Å². The van der Waals surface area contributed by atoms with Crippen molar-refractivity contribution in [3.8, 4) is 0 Å². The molecule has 104 valence electrons. The van der Waals surface area contributed by atoms with Crippen LogP contribution in [0.5, 0.6) is 0 Å². The summed E-state index contributed by atoms with van der Waals surface area (Å²) in [5.74, 6) is 1.47. The Morgan fingerprint density at radius 3 is 2.58 bits per heavy atom. The Morgan fingerprint density at radius 1 is 1.37 bits per heavy atom. The number of piperidine rings is 1. The Hall–Kier alpha value is -1.23. The predicted octanol–water partition coefficient (Wildman–Crippen LogP) is 3.03. The molecule has 0 aliphatic carbocycles. The van der Waals surface area contributed by atoms with E-state index in [2.05, 4.69) is 39.8 Å². The Morgan fingerprint density at radius 2 is 2.00 bits per heavy atom. The molecule has 4 nitrogen and oxygen atoms in total. The smallest absolute Gasteiger partial charge is 0.172 e. The summed E-state index contributed by atoms with van der Waals surface area (Å²) in [6.07, 6.45) is 1.26. The molecule has 1 aromatic rings. The number of benzene rings is 1. The zero-order valence-electron chi connectivity index (χ0n) is 11.3. The van der Waals surface area contributed by atoms with E-state index >= 15 is 0 Å². The van der Waals surface area contributed by atoms with Gasteiger partial charge in [0.05, 0.1) is 0 Å². The minimum atomic E-state index is 0.155. The number of halogens is 1. The highest BCUT2D eigenvalue weighted by atomic mass is 79.9. The van der Waals surface area contributed by atoms with Gasteiger partial charge in [0, 0.05) is 28.8 Å². The van der Waals surface area contributed by atoms with E-state index in [4.69, 9.17) is 10.9 Å². The van der Waals surface area contributed by atoms with Crippen molar-refractivity contribution in [1.82, 2.24) is 0 Å². The average Bonchev–Trinajstić information content (AvgIpc) is 2.36. The summed E-state index contributed by atoms with van der Waals surface area (Å²) in [5, 5.41) is 12.1. The van der Waals surface area contributed by atoms with Gasteiger partial charge < -0.3 is 15.8 Å². The number of rotatable bonds is 2. The molecule has 3 N–H and O–H groups in total. The fraction of sp³-hybridized carbons (Fsp3) is 0.500. The van der Waals surface area contributed by atoms with Crippen molar-refractivity contribution >= 4 is 27.5 Å². The van der Waals surface area contributed by atoms with Crippen molar-refractivity contribution in [3.63, 3.8) is 0 Å². The lowest BCUT2D eigenvalue weighted by Gasteiger charge is -2.37. The van der Waals surface area contributed by atoms with Crippen LogP contribution in [0.15, 0.2) is 27.8 Å². The van der Waals surface area contributed by atoms with E-state index in [1.807, 2.05) is 18.2 Å². The first-order chi connectivity index (χ1) is 9.01. The molecule has 2 unspecified atom stereocenters. The molecule has 1 fully saturated rings. The van der Waals surface area contributed by atoms with E-state index in [1.165, 1.54) is 6.42 Å². The zero-order valence-corrected chi connectivity index (χ0v) is 12.9. The van der Waals surface area contributed by atoms with Crippen LogP contribution in [-0.4, -0.2) is 24.1 Å². The second-order valence-electron chi connectivity index (χ2n) is 5.50. The molecule has 2 rings (SSSR count). The average molecular weight is 326 g/mol. The number of oxime groups is 1. The normalized spacial score (nSPS) is 24.6. The molecule has 1 aliphatic rings. The Kier molecular flexibility index (Phi) is 4.34. The van der Waals surface area contributed by atoms with E-state index in [0.29, 0.717) is 11.8 Å². The van der Waals surface area contributed by atoms with Crippen molar-refractivity contribution in [1.29, 1.82) is 0 Å². The largest absolute Gasteiger partial charge is 0.409 e. The van der Waals surface area contributed by atoms with Crippen LogP contribution in [-0.2, 0) is 0 Å². The molecule has 19 heavy (non-hydrogen) atoms. The Bertz CT molecular complexity index is 480. The van der Waals surface area contributed by atoms with Crippen LogP contribution in [0.2, 0.25) is 0 Å². The quantitative estimate of drug-likeness (QED) is 0.380. The number of nitrogens with two attached hydrogens (primary N) is 1. The SMILES string of the molecule is CC1CC(C)CN(c2ccc(Br)cc2/C(N)=N/O)C1. The van der Waals surface area contributed by atoms with Crippen molar-refractivity contribution in [2.75, 3.05) is 18.0 Å². The van der Waals surface area contributed by atoms with Gasteiger partial charge in [0.25, 0.3) is 0 Å². The number of nitrogens with zero attached hydrogens (tertiary/aromatic N) is 2. The molecule has 0 bridgehead atoms. The highest BCUT2D eigenvalue weighted by molar-refractivity contribution is 9.10. The molecule has 0 amide bonds. The summed E-state index contributed by atoms with van der Waals surface area (Å²) in [6, 6.07) is 5.92. The lowest BCUT2D eigenvalue weighted by molar-refractivity contribution is 0.318. The third-order valence-corrected chi connectivity index (χ3v) is 4.05. The fourth-order valence-corrected chi connectivity index (χ4v) is 3.26. The molecule has 0 spiro atoms. The first-order valence-corrected chi connectivity index (χ1v) is 7.33. The molecule has 2 atom stereocenters. The molecule has 1 aliphatic heterocycles. The van der Waals surface area contributed by atoms with E-state index in [0.717, 1.165) is 28.8 Å². The minimum absolute atomic E-state index is 0.155. The number of anilines is 1. The van der Waals surface area contributed by atoms with Gasteiger partial charge in [-0.3, -0.25) is 0 Å². The second kappa shape index (κ2) is 5.82. The summed E-state index contributed by atoms with van der Waals surface area (Å²) in [4.78, 5) is 2.33. The summed E-state index contributed by atoms with van der Waals surface area (Å²) in [6.45, 7) is 6.56. The summed E-state index contributed by atoms with van der Waals surface area (Å²) >= 11 is 3.43. The Balaban J connectivity index is 2.38. The standard InChI is InChI=1S/C14H20BrN3O/c1-9-5-10(2)8-18(7-9)13-4-3-11(15)6-12(13)14(16)17-19/h3-4,6,9-10,19H,5,7-8H2,1-2H3,(H2,16,17). The molecule has 0 radical (unpaired) electrons. The second-order valence-corrected chi connectivity index (χ2v) is 6.41. The third kappa shape index (κ3) is 3.21. The molecule has 0 saturated carbocycles. The Labute approximate surface area is 122 Å². The first-order valence-electron chi connectivity index (χ1n) is 6.53. The first kappa shape index (κ1) is 14.2. The van der Waals surface area contributed by atoms with Gasteiger partial charge in [0.1, 0.15) is 0 Å². The highest BCUT2D eigenvalue weighted by Gasteiger charge is 2.24. The third-order valence-electron chi connectivity index (χ3n) is 3.55.